The topological polar surface area (TPSA) is 48.1 Å². The minimum Gasteiger partial charge on any atom is -0.473 e. The zero-order valence-corrected chi connectivity index (χ0v) is 8.57. The molecule has 0 aromatic carbocycles. The summed E-state index contributed by atoms with van der Waals surface area (Å²) in [5.41, 5.74) is 5.88. The summed E-state index contributed by atoms with van der Waals surface area (Å²) in [5.74, 6) is 0.608. The lowest BCUT2D eigenvalue weighted by Gasteiger charge is -2.16. The van der Waals surface area contributed by atoms with Gasteiger partial charge in [-0.2, -0.15) is 0 Å². The minimum absolute atomic E-state index is 0.115. The third-order valence-electron chi connectivity index (χ3n) is 2.48. The molecule has 1 aliphatic carbocycles. The Morgan fingerprint density at radius 2 is 2.29 bits per heavy atom. The van der Waals surface area contributed by atoms with Crippen LogP contribution in [0.3, 0.4) is 0 Å². The average molecular weight is 213 g/mol. The second kappa shape index (κ2) is 4.15. The van der Waals surface area contributed by atoms with Crippen LogP contribution in [-0.2, 0) is 0 Å². The number of nitrogens with zero attached hydrogens (tertiary/aromatic N) is 1. The fourth-order valence-corrected chi connectivity index (χ4v) is 1.80. The molecule has 76 valence electrons. The lowest BCUT2D eigenvalue weighted by molar-refractivity contribution is 0.184. The fourth-order valence-electron chi connectivity index (χ4n) is 1.69. The summed E-state index contributed by atoms with van der Waals surface area (Å²) in [6, 6.07) is 3.69. The standard InChI is InChI=1S/C10H13ClN2O/c11-7-4-5-10(13-6-7)14-9-3-1-2-8(9)12/h4-6,8-9H,1-3,12H2. The van der Waals surface area contributed by atoms with E-state index in [1.807, 2.05) is 0 Å². The molecule has 1 aromatic heterocycles. The molecule has 2 atom stereocenters. The first-order chi connectivity index (χ1) is 6.75. The van der Waals surface area contributed by atoms with Crippen molar-refractivity contribution < 1.29 is 4.74 Å². The van der Waals surface area contributed by atoms with Gasteiger partial charge < -0.3 is 10.5 Å². The molecule has 1 aromatic rings. The third-order valence-corrected chi connectivity index (χ3v) is 2.70. The molecule has 14 heavy (non-hydrogen) atoms. The van der Waals surface area contributed by atoms with E-state index < -0.39 is 0 Å². The largest absolute Gasteiger partial charge is 0.473 e. The number of hydrogen-bond donors (Lipinski definition) is 1. The van der Waals surface area contributed by atoms with Crippen LogP contribution in [0.2, 0.25) is 5.02 Å². The van der Waals surface area contributed by atoms with Gasteiger partial charge in [0.25, 0.3) is 0 Å². The van der Waals surface area contributed by atoms with Gasteiger partial charge in [0.05, 0.1) is 5.02 Å². The second-order valence-electron chi connectivity index (χ2n) is 3.57. The van der Waals surface area contributed by atoms with Gasteiger partial charge in [-0.25, -0.2) is 4.98 Å². The van der Waals surface area contributed by atoms with Crippen molar-refractivity contribution in [1.29, 1.82) is 0 Å². The molecule has 1 saturated carbocycles. The summed E-state index contributed by atoms with van der Waals surface area (Å²) >= 11 is 5.71. The van der Waals surface area contributed by atoms with Crippen LogP contribution in [-0.4, -0.2) is 17.1 Å². The van der Waals surface area contributed by atoms with Crippen molar-refractivity contribution in [2.45, 2.75) is 31.4 Å². The van der Waals surface area contributed by atoms with Crippen LogP contribution < -0.4 is 10.5 Å². The predicted octanol–water partition coefficient (Wildman–Crippen LogP) is 1.99. The van der Waals surface area contributed by atoms with E-state index in [0.717, 1.165) is 19.3 Å². The van der Waals surface area contributed by atoms with Gasteiger partial charge in [-0.1, -0.05) is 11.6 Å². The molecule has 1 heterocycles. The van der Waals surface area contributed by atoms with Crippen LogP contribution in [0.4, 0.5) is 0 Å². The Kier molecular flexibility index (Phi) is 2.89. The van der Waals surface area contributed by atoms with Crippen molar-refractivity contribution in [1.82, 2.24) is 4.98 Å². The van der Waals surface area contributed by atoms with Crippen LogP contribution in [0.5, 0.6) is 5.88 Å². The number of halogens is 1. The lowest BCUT2D eigenvalue weighted by Crippen LogP contribution is -2.33. The van der Waals surface area contributed by atoms with E-state index in [2.05, 4.69) is 4.98 Å². The van der Waals surface area contributed by atoms with Crippen molar-refractivity contribution in [3.05, 3.63) is 23.4 Å². The molecule has 2 N–H and O–H groups in total. The maximum Gasteiger partial charge on any atom is 0.213 e. The van der Waals surface area contributed by atoms with Crippen LogP contribution in [0.15, 0.2) is 18.3 Å². The first kappa shape index (κ1) is 9.74. The van der Waals surface area contributed by atoms with Crippen molar-refractivity contribution in [2.75, 3.05) is 0 Å². The summed E-state index contributed by atoms with van der Waals surface area (Å²) in [5, 5.41) is 0.619. The Labute approximate surface area is 88.2 Å². The second-order valence-corrected chi connectivity index (χ2v) is 4.00. The molecular formula is C10H13ClN2O. The van der Waals surface area contributed by atoms with E-state index in [0.29, 0.717) is 10.9 Å². The summed E-state index contributed by atoms with van der Waals surface area (Å²) in [4.78, 5) is 4.07. The maximum absolute atomic E-state index is 5.88. The van der Waals surface area contributed by atoms with Crippen molar-refractivity contribution in [2.24, 2.45) is 5.73 Å². The molecule has 1 aliphatic rings. The highest BCUT2D eigenvalue weighted by Gasteiger charge is 2.25. The number of aromatic nitrogens is 1. The molecule has 0 radical (unpaired) electrons. The number of ether oxygens (including phenoxy) is 1. The summed E-state index contributed by atoms with van der Waals surface area (Å²) in [6.45, 7) is 0. The van der Waals surface area contributed by atoms with Gasteiger partial charge in [-0.3, -0.25) is 0 Å². The molecule has 0 aliphatic heterocycles. The molecule has 4 heteroatoms. The number of hydrogen-bond acceptors (Lipinski definition) is 3. The van der Waals surface area contributed by atoms with Gasteiger partial charge in [-0.05, 0) is 25.3 Å². The third kappa shape index (κ3) is 2.16. The quantitative estimate of drug-likeness (QED) is 0.816. The molecule has 1 fully saturated rings. The molecule has 0 spiro atoms. The molecule has 2 rings (SSSR count). The van der Waals surface area contributed by atoms with Crippen LogP contribution in [0.25, 0.3) is 0 Å². The van der Waals surface area contributed by atoms with Gasteiger partial charge >= 0.3 is 0 Å². The van der Waals surface area contributed by atoms with E-state index in [1.165, 1.54) is 0 Å². The van der Waals surface area contributed by atoms with Gasteiger partial charge in [0, 0.05) is 18.3 Å². The summed E-state index contributed by atoms with van der Waals surface area (Å²) in [6.07, 6.45) is 4.89. The van der Waals surface area contributed by atoms with Crippen molar-refractivity contribution in [3.8, 4) is 5.88 Å². The van der Waals surface area contributed by atoms with Crippen molar-refractivity contribution >= 4 is 11.6 Å². The average Bonchev–Trinajstić information content (AvgIpc) is 2.56. The fraction of sp³-hybridized carbons (Fsp3) is 0.500. The number of nitrogens with two attached hydrogens (primary N) is 1. The Morgan fingerprint density at radius 1 is 1.43 bits per heavy atom. The van der Waals surface area contributed by atoms with Gasteiger partial charge in [0.2, 0.25) is 5.88 Å². The Morgan fingerprint density at radius 3 is 2.86 bits per heavy atom. The normalized spacial score (nSPS) is 26.4. The van der Waals surface area contributed by atoms with E-state index in [4.69, 9.17) is 22.1 Å². The molecule has 0 saturated heterocycles. The van der Waals surface area contributed by atoms with Crippen LogP contribution in [0, 0.1) is 0 Å². The molecule has 0 amide bonds. The molecule has 3 nitrogen and oxygen atoms in total. The SMILES string of the molecule is NC1CCCC1Oc1ccc(Cl)cn1. The first-order valence-corrected chi connectivity index (χ1v) is 5.17. The zero-order valence-electron chi connectivity index (χ0n) is 7.82. The number of rotatable bonds is 2. The Balaban J connectivity index is 2.00. The van der Waals surface area contributed by atoms with Gasteiger partial charge in [-0.15, -0.1) is 0 Å². The molecule has 0 bridgehead atoms. The minimum atomic E-state index is 0.115. The highest BCUT2D eigenvalue weighted by molar-refractivity contribution is 6.30. The summed E-state index contributed by atoms with van der Waals surface area (Å²) in [7, 11) is 0. The van der Waals surface area contributed by atoms with E-state index >= 15 is 0 Å². The van der Waals surface area contributed by atoms with Gasteiger partial charge in [0.15, 0.2) is 0 Å². The monoisotopic (exact) mass is 212 g/mol. The molecule has 2 unspecified atom stereocenters. The van der Waals surface area contributed by atoms with Crippen molar-refractivity contribution in [3.63, 3.8) is 0 Å². The molecular weight excluding hydrogens is 200 g/mol. The van der Waals surface area contributed by atoms with E-state index in [1.54, 1.807) is 18.3 Å². The Hall–Kier alpha value is -0.800. The van der Waals surface area contributed by atoms with Crippen LogP contribution in [0.1, 0.15) is 19.3 Å². The van der Waals surface area contributed by atoms with Gasteiger partial charge in [0.1, 0.15) is 6.10 Å². The zero-order chi connectivity index (χ0) is 9.97. The highest BCUT2D eigenvalue weighted by atomic mass is 35.5. The van der Waals surface area contributed by atoms with E-state index in [-0.39, 0.29) is 12.1 Å². The van der Waals surface area contributed by atoms with Crippen LogP contribution >= 0.6 is 11.6 Å². The van der Waals surface area contributed by atoms with E-state index in [9.17, 15) is 0 Å². The predicted molar refractivity (Wildman–Crippen MR) is 55.5 cm³/mol. The number of pyridine rings is 1. The summed E-state index contributed by atoms with van der Waals surface area (Å²) < 4.78 is 5.65. The smallest absolute Gasteiger partial charge is 0.213 e. The highest BCUT2D eigenvalue weighted by Crippen LogP contribution is 2.22. The lowest BCUT2D eigenvalue weighted by atomic mass is 10.2. The Bertz CT molecular complexity index is 301. The maximum atomic E-state index is 5.88. The first-order valence-electron chi connectivity index (χ1n) is 4.79.